The Bertz CT molecular complexity index is 1550. The number of halogens is 6. The van der Waals surface area contributed by atoms with Crippen LogP contribution in [0.3, 0.4) is 0 Å². The number of nitrogens with zero attached hydrogens (tertiary/aromatic N) is 2. The molecule has 0 bridgehead atoms. The van der Waals surface area contributed by atoms with Gasteiger partial charge in [0.1, 0.15) is 0 Å². The van der Waals surface area contributed by atoms with Crippen molar-refractivity contribution in [2.24, 2.45) is 4.99 Å². The number of aromatic nitrogens is 2. The van der Waals surface area contributed by atoms with Crippen LogP contribution in [-0.4, -0.2) is 27.1 Å². The van der Waals surface area contributed by atoms with Crippen LogP contribution in [0.15, 0.2) is 82.6 Å². The van der Waals surface area contributed by atoms with E-state index in [1.54, 1.807) is 6.92 Å². The minimum atomic E-state index is -4.56. The lowest BCUT2D eigenvalue weighted by Crippen LogP contribution is -2.17. The van der Waals surface area contributed by atoms with E-state index in [9.17, 15) is 35.9 Å². The maximum Gasteiger partial charge on any atom is 0.418 e. The number of carboxylic acid groups (broad SMARTS) is 1. The Labute approximate surface area is 216 Å². The number of nitrogen functional groups attached to an aromatic ring is 1. The van der Waals surface area contributed by atoms with Crippen molar-refractivity contribution in [2.45, 2.75) is 19.3 Å². The Morgan fingerprint density at radius 3 is 1.95 bits per heavy atom. The Kier molecular flexibility index (Phi) is 8.33. The molecule has 0 saturated carbocycles. The maximum atomic E-state index is 13.1. The van der Waals surface area contributed by atoms with E-state index in [0.717, 1.165) is 23.0 Å². The summed E-state index contributed by atoms with van der Waals surface area (Å²) in [5.74, 6) is -1.10. The molecule has 39 heavy (non-hydrogen) atoms. The van der Waals surface area contributed by atoms with Crippen LogP contribution in [0, 0.1) is 6.92 Å². The molecule has 4 rings (SSSR count). The van der Waals surface area contributed by atoms with Gasteiger partial charge in [-0.3, -0.25) is 14.9 Å². The number of carboxylic acids is 1. The summed E-state index contributed by atoms with van der Waals surface area (Å²) >= 11 is 0. The Morgan fingerprint density at radius 1 is 0.897 bits per heavy atom. The number of nitrogens with two attached hydrogens (primary N) is 1. The van der Waals surface area contributed by atoms with E-state index in [4.69, 9.17) is 10.8 Å². The summed E-state index contributed by atoms with van der Waals surface area (Å²) in [5.41, 5.74) is 3.30. The minimum Gasteiger partial charge on any atom is -0.478 e. The first-order chi connectivity index (χ1) is 18.2. The normalized spacial score (nSPS) is 11.8. The SMILES string of the molecule is Cc1[nH]n(-c2ccc(C(=O)O)cc2)c(=O)c1C=Nc1ccccc1C(F)(F)F.Nc1ccccc1C(F)(F)F. The summed E-state index contributed by atoms with van der Waals surface area (Å²) in [6.07, 6.45) is -7.82. The molecule has 204 valence electrons. The van der Waals surface area contributed by atoms with E-state index in [-0.39, 0.29) is 22.5 Å². The van der Waals surface area contributed by atoms with E-state index >= 15 is 0 Å². The summed E-state index contributed by atoms with van der Waals surface area (Å²) in [5, 5.41) is 11.7. The second-order valence-corrected chi connectivity index (χ2v) is 8.00. The number of aromatic amines is 1. The molecule has 0 atom stereocenters. The van der Waals surface area contributed by atoms with Crippen LogP contribution in [0.4, 0.5) is 37.7 Å². The largest absolute Gasteiger partial charge is 0.478 e. The zero-order valence-corrected chi connectivity index (χ0v) is 20.0. The Morgan fingerprint density at radius 2 is 1.44 bits per heavy atom. The smallest absolute Gasteiger partial charge is 0.418 e. The van der Waals surface area contributed by atoms with E-state index in [1.165, 1.54) is 60.7 Å². The third kappa shape index (κ3) is 6.94. The van der Waals surface area contributed by atoms with Gasteiger partial charge in [-0.15, -0.1) is 0 Å². The van der Waals surface area contributed by atoms with Crippen LogP contribution in [0.2, 0.25) is 0 Å². The van der Waals surface area contributed by atoms with Gasteiger partial charge in [0.25, 0.3) is 5.56 Å². The summed E-state index contributed by atoms with van der Waals surface area (Å²) in [6.45, 7) is 1.58. The van der Waals surface area contributed by atoms with Gasteiger partial charge in [-0.05, 0) is 55.5 Å². The molecule has 0 aliphatic carbocycles. The van der Waals surface area contributed by atoms with Crippen molar-refractivity contribution in [1.82, 2.24) is 9.78 Å². The molecule has 3 aromatic carbocycles. The average Bonchev–Trinajstić information content (AvgIpc) is 3.15. The Hall–Kier alpha value is -4.81. The number of nitrogens with one attached hydrogen (secondary N) is 1. The molecule has 0 radical (unpaired) electrons. The maximum absolute atomic E-state index is 13.1. The molecule has 1 heterocycles. The van der Waals surface area contributed by atoms with Gasteiger partial charge in [0.15, 0.2) is 0 Å². The van der Waals surface area contributed by atoms with Gasteiger partial charge in [0.2, 0.25) is 0 Å². The summed E-state index contributed by atoms with van der Waals surface area (Å²) < 4.78 is 76.3. The molecule has 4 N–H and O–H groups in total. The van der Waals surface area contributed by atoms with Crippen molar-refractivity contribution < 1.29 is 36.2 Å². The van der Waals surface area contributed by atoms with Gasteiger partial charge < -0.3 is 10.8 Å². The molecule has 0 spiro atoms. The van der Waals surface area contributed by atoms with Crippen LogP contribution >= 0.6 is 0 Å². The van der Waals surface area contributed by atoms with E-state index < -0.39 is 35.0 Å². The monoisotopic (exact) mass is 550 g/mol. The first-order valence-electron chi connectivity index (χ1n) is 11.0. The highest BCUT2D eigenvalue weighted by molar-refractivity contribution is 5.87. The fourth-order valence-corrected chi connectivity index (χ4v) is 3.36. The van der Waals surface area contributed by atoms with Crippen molar-refractivity contribution in [3.05, 3.63) is 111 Å². The highest BCUT2D eigenvalue weighted by Gasteiger charge is 2.33. The van der Waals surface area contributed by atoms with E-state index in [2.05, 4.69) is 10.1 Å². The number of aromatic carboxylic acids is 1. The number of aliphatic imine (C=N–C) groups is 1. The van der Waals surface area contributed by atoms with Gasteiger partial charge in [-0.25, -0.2) is 9.48 Å². The number of alkyl halides is 6. The second-order valence-electron chi connectivity index (χ2n) is 8.00. The molecule has 0 aliphatic rings. The first kappa shape index (κ1) is 28.8. The molecular formula is C26H20F6N4O3. The van der Waals surface area contributed by atoms with Crippen molar-refractivity contribution in [3.63, 3.8) is 0 Å². The molecular weight excluding hydrogens is 530 g/mol. The fraction of sp³-hybridized carbons (Fsp3) is 0.115. The van der Waals surface area contributed by atoms with Crippen molar-refractivity contribution >= 4 is 23.6 Å². The standard InChI is InChI=1S/C19H14F3N3O3.C7H6F3N/c1-11-14(10-23-16-5-3-2-4-15(16)19(20,21)22)17(26)25(24-11)13-8-6-12(7-9-13)18(27)28;8-7(9,10)5-3-1-2-4-6(5)11/h2-10,24H,1H3,(H,27,28);1-4H,11H2. The lowest BCUT2D eigenvalue weighted by molar-refractivity contribution is -0.137. The van der Waals surface area contributed by atoms with E-state index in [1.807, 2.05) is 0 Å². The quantitative estimate of drug-likeness (QED) is 0.159. The van der Waals surface area contributed by atoms with Crippen LogP contribution in [0.5, 0.6) is 0 Å². The van der Waals surface area contributed by atoms with Gasteiger partial charge in [-0.2, -0.15) is 26.3 Å². The lowest BCUT2D eigenvalue weighted by Gasteiger charge is -2.08. The molecule has 0 amide bonds. The highest BCUT2D eigenvalue weighted by atomic mass is 19.4. The van der Waals surface area contributed by atoms with Crippen molar-refractivity contribution in [3.8, 4) is 5.69 Å². The number of benzene rings is 3. The number of anilines is 1. The van der Waals surface area contributed by atoms with Crippen molar-refractivity contribution in [2.75, 3.05) is 5.73 Å². The van der Waals surface area contributed by atoms with Gasteiger partial charge in [-0.1, -0.05) is 24.3 Å². The molecule has 0 aliphatic heterocycles. The zero-order chi connectivity index (χ0) is 29.0. The predicted octanol–water partition coefficient (Wildman–Crippen LogP) is 6.23. The number of hydrogen-bond donors (Lipinski definition) is 3. The van der Waals surface area contributed by atoms with Crippen molar-refractivity contribution in [1.29, 1.82) is 0 Å². The number of carbonyl (C=O) groups is 1. The Balaban J connectivity index is 0.000000320. The number of para-hydroxylation sites is 2. The first-order valence-corrected chi connectivity index (χ1v) is 11.0. The number of H-pyrrole nitrogens is 1. The molecule has 1 aromatic heterocycles. The van der Waals surface area contributed by atoms with Crippen LogP contribution < -0.4 is 11.3 Å². The molecule has 13 heteroatoms. The topological polar surface area (TPSA) is 113 Å². The number of hydrogen-bond acceptors (Lipinski definition) is 4. The summed E-state index contributed by atoms with van der Waals surface area (Å²) in [4.78, 5) is 27.4. The highest BCUT2D eigenvalue weighted by Crippen LogP contribution is 2.36. The van der Waals surface area contributed by atoms with Crippen LogP contribution in [0.25, 0.3) is 5.69 Å². The number of aryl methyl sites for hydroxylation is 1. The fourth-order valence-electron chi connectivity index (χ4n) is 3.36. The number of rotatable bonds is 4. The summed E-state index contributed by atoms with van der Waals surface area (Å²) in [7, 11) is 0. The molecule has 7 nitrogen and oxygen atoms in total. The molecule has 0 unspecified atom stereocenters. The molecule has 0 saturated heterocycles. The van der Waals surface area contributed by atoms with Crippen LogP contribution in [-0.2, 0) is 12.4 Å². The lowest BCUT2D eigenvalue weighted by atomic mass is 10.1. The second kappa shape index (κ2) is 11.3. The average molecular weight is 550 g/mol. The van der Waals surface area contributed by atoms with E-state index in [0.29, 0.717) is 11.4 Å². The third-order valence-electron chi connectivity index (χ3n) is 5.30. The van der Waals surface area contributed by atoms with Crippen LogP contribution in [0.1, 0.15) is 32.7 Å². The van der Waals surface area contributed by atoms with Gasteiger partial charge >= 0.3 is 18.3 Å². The molecule has 0 fully saturated rings. The molecule has 4 aromatic rings. The van der Waals surface area contributed by atoms with Gasteiger partial charge in [0.05, 0.1) is 33.6 Å². The zero-order valence-electron chi connectivity index (χ0n) is 20.0. The summed E-state index contributed by atoms with van der Waals surface area (Å²) in [6, 6.07) is 15.3. The predicted molar refractivity (Wildman–Crippen MR) is 133 cm³/mol. The van der Waals surface area contributed by atoms with Gasteiger partial charge in [0, 0.05) is 17.6 Å². The minimum absolute atomic E-state index is 0.0608. The third-order valence-corrected chi connectivity index (χ3v) is 5.30.